The van der Waals surface area contributed by atoms with E-state index < -0.39 is 0 Å². The van der Waals surface area contributed by atoms with Crippen LogP contribution in [0.25, 0.3) is 11.0 Å². The molecule has 0 amide bonds. The molecule has 1 aliphatic rings. The summed E-state index contributed by atoms with van der Waals surface area (Å²) in [4.78, 5) is 33.3. The van der Waals surface area contributed by atoms with Crippen molar-refractivity contribution in [2.45, 2.75) is 26.8 Å². The van der Waals surface area contributed by atoms with E-state index in [0.717, 1.165) is 42.9 Å². The Morgan fingerprint density at radius 3 is 2.39 bits per heavy atom. The Morgan fingerprint density at radius 1 is 1.04 bits per heavy atom. The van der Waals surface area contributed by atoms with Gasteiger partial charge in [-0.3, -0.25) is 9.59 Å². The summed E-state index contributed by atoms with van der Waals surface area (Å²) in [6.07, 6.45) is 0.0196. The summed E-state index contributed by atoms with van der Waals surface area (Å²) in [5.74, 6) is -0.198. The van der Waals surface area contributed by atoms with Crippen molar-refractivity contribution in [3.8, 4) is 0 Å². The summed E-state index contributed by atoms with van der Waals surface area (Å²) >= 11 is 0. The summed E-state index contributed by atoms with van der Waals surface area (Å²) in [6.45, 7) is 8.09. The zero-order chi connectivity index (χ0) is 20.1. The van der Waals surface area contributed by atoms with Gasteiger partial charge in [0.15, 0.2) is 0 Å². The average Bonchev–Trinajstić information content (AvgIpc) is 2.99. The number of benzene rings is 1. The number of likely N-dealkylation sites (N-methyl/N-ethyl adjacent to an activating group) is 1. The van der Waals surface area contributed by atoms with Crippen LogP contribution in [0.1, 0.15) is 19.7 Å². The van der Waals surface area contributed by atoms with Crippen LogP contribution in [0.3, 0.4) is 0 Å². The first-order valence-electron chi connectivity index (χ1n) is 9.75. The van der Waals surface area contributed by atoms with Gasteiger partial charge >= 0.3 is 11.9 Å². The van der Waals surface area contributed by atoms with Gasteiger partial charge in [-0.2, -0.15) is 0 Å². The molecule has 1 aromatic heterocycles. The molecule has 0 radical (unpaired) electrons. The molecule has 0 aliphatic carbocycles. The second kappa shape index (κ2) is 9.05. The van der Waals surface area contributed by atoms with E-state index in [1.54, 1.807) is 18.4 Å². The number of imidazole rings is 1. The van der Waals surface area contributed by atoms with Crippen molar-refractivity contribution < 1.29 is 19.1 Å². The Hall–Kier alpha value is -2.61. The molecule has 0 spiro atoms. The van der Waals surface area contributed by atoms with Crippen LogP contribution in [0.15, 0.2) is 18.2 Å². The Labute approximate surface area is 165 Å². The molecule has 0 saturated carbocycles. The number of aromatic nitrogens is 2. The lowest BCUT2D eigenvalue weighted by atomic mass is 10.2. The van der Waals surface area contributed by atoms with Crippen LogP contribution in [-0.2, 0) is 32.0 Å². The molecular weight excluding hydrogens is 360 g/mol. The van der Waals surface area contributed by atoms with Crippen LogP contribution >= 0.6 is 0 Å². The number of rotatable bonds is 7. The number of anilines is 1. The van der Waals surface area contributed by atoms with Crippen LogP contribution in [0.4, 0.5) is 5.69 Å². The molecule has 0 unspecified atom stereocenters. The van der Waals surface area contributed by atoms with Gasteiger partial charge in [-0.1, -0.05) is 0 Å². The molecule has 0 atom stereocenters. The van der Waals surface area contributed by atoms with Crippen molar-refractivity contribution >= 4 is 28.7 Å². The Balaban J connectivity index is 1.94. The SMILES string of the molecule is CCOC(=O)Cc1nc2ccc(N3CCN(C)CC3)cc2n1CC(=O)OCC. The van der Waals surface area contributed by atoms with Gasteiger partial charge in [-0.25, -0.2) is 4.98 Å². The number of hydrogen-bond donors (Lipinski definition) is 0. The van der Waals surface area contributed by atoms with Gasteiger partial charge < -0.3 is 23.8 Å². The minimum atomic E-state index is -0.359. The minimum Gasteiger partial charge on any atom is -0.466 e. The Bertz CT molecular complexity index is 840. The van der Waals surface area contributed by atoms with Crippen LogP contribution < -0.4 is 4.90 Å². The first kappa shape index (κ1) is 20.1. The lowest BCUT2D eigenvalue weighted by molar-refractivity contribution is -0.145. The number of carbonyl (C=O) groups is 2. The van der Waals surface area contributed by atoms with Gasteiger partial charge in [-0.05, 0) is 39.1 Å². The third kappa shape index (κ3) is 4.62. The number of hydrogen-bond acceptors (Lipinski definition) is 7. The van der Waals surface area contributed by atoms with E-state index >= 15 is 0 Å². The number of nitrogens with zero attached hydrogens (tertiary/aromatic N) is 4. The average molecular weight is 388 g/mol. The second-order valence-corrected chi connectivity index (χ2v) is 6.86. The van der Waals surface area contributed by atoms with E-state index in [-0.39, 0.29) is 24.9 Å². The van der Waals surface area contributed by atoms with Crippen molar-refractivity contribution in [3.05, 3.63) is 24.0 Å². The quantitative estimate of drug-likeness (QED) is 0.665. The van der Waals surface area contributed by atoms with Crippen LogP contribution in [0.5, 0.6) is 0 Å². The smallest absolute Gasteiger partial charge is 0.326 e. The monoisotopic (exact) mass is 388 g/mol. The van der Waals surface area contributed by atoms with Crippen molar-refractivity contribution in [1.29, 1.82) is 0 Å². The predicted octanol–water partition coefficient (Wildman–Crippen LogP) is 1.46. The Morgan fingerprint density at radius 2 is 1.71 bits per heavy atom. The molecule has 152 valence electrons. The Kier molecular flexibility index (Phi) is 6.51. The molecule has 1 aliphatic heterocycles. The van der Waals surface area contributed by atoms with Gasteiger partial charge in [-0.15, -0.1) is 0 Å². The van der Waals surface area contributed by atoms with Crippen LogP contribution in [0, 0.1) is 0 Å². The largest absolute Gasteiger partial charge is 0.466 e. The second-order valence-electron chi connectivity index (χ2n) is 6.86. The number of ether oxygens (including phenoxy) is 2. The van der Waals surface area contributed by atoms with Crippen molar-refractivity contribution in [2.24, 2.45) is 0 Å². The van der Waals surface area contributed by atoms with Gasteiger partial charge in [0.2, 0.25) is 0 Å². The van der Waals surface area contributed by atoms with E-state index in [4.69, 9.17) is 9.47 Å². The molecule has 1 fully saturated rings. The number of esters is 2. The van der Waals surface area contributed by atoms with Crippen molar-refractivity contribution in [3.63, 3.8) is 0 Å². The molecule has 0 N–H and O–H groups in total. The summed E-state index contributed by atoms with van der Waals surface area (Å²) < 4.78 is 11.9. The van der Waals surface area contributed by atoms with Gasteiger partial charge in [0.1, 0.15) is 18.8 Å². The molecule has 28 heavy (non-hydrogen) atoms. The maximum atomic E-state index is 12.1. The first-order valence-corrected chi connectivity index (χ1v) is 9.75. The summed E-state index contributed by atoms with van der Waals surface area (Å²) in [5.41, 5.74) is 2.67. The maximum absolute atomic E-state index is 12.1. The fourth-order valence-electron chi connectivity index (χ4n) is 3.41. The number of fused-ring (bicyclic) bond motifs is 1. The third-order valence-corrected chi connectivity index (χ3v) is 4.88. The highest BCUT2D eigenvalue weighted by Crippen LogP contribution is 2.25. The molecular formula is C20H28N4O4. The van der Waals surface area contributed by atoms with Gasteiger partial charge in [0, 0.05) is 31.9 Å². The molecule has 8 heteroatoms. The molecule has 8 nitrogen and oxygen atoms in total. The normalized spacial score (nSPS) is 15.0. The molecule has 2 heterocycles. The van der Waals surface area contributed by atoms with E-state index in [2.05, 4.69) is 21.8 Å². The fraction of sp³-hybridized carbons (Fsp3) is 0.550. The highest BCUT2D eigenvalue weighted by atomic mass is 16.5. The lowest BCUT2D eigenvalue weighted by Crippen LogP contribution is -2.44. The van der Waals surface area contributed by atoms with E-state index in [1.165, 1.54) is 0 Å². The zero-order valence-corrected chi connectivity index (χ0v) is 16.8. The van der Waals surface area contributed by atoms with E-state index in [1.807, 2.05) is 18.2 Å². The molecule has 1 aromatic carbocycles. The van der Waals surface area contributed by atoms with Crippen LogP contribution in [-0.4, -0.2) is 72.8 Å². The van der Waals surface area contributed by atoms with E-state index in [0.29, 0.717) is 19.0 Å². The van der Waals surface area contributed by atoms with Crippen molar-refractivity contribution in [2.75, 3.05) is 51.3 Å². The standard InChI is InChI=1S/C20H28N4O4/c1-4-27-19(25)13-18-21-16-7-6-15(23-10-8-22(3)9-11-23)12-17(16)24(18)14-20(26)28-5-2/h6-7,12H,4-5,8-11,13-14H2,1-3H3. The molecule has 0 bridgehead atoms. The van der Waals surface area contributed by atoms with Crippen molar-refractivity contribution in [1.82, 2.24) is 14.5 Å². The number of carbonyl (C=O) groups excluding carboxylic acids is 2. The highest BCUT2D eigenvalue weighted by Gasteiger charge is 2.20. The summed E-state index contributed by atoms with van der Waals surface area (Å²) in [6, 6.07) is 6.03. The minimum absolute atomic E-state index is 0.0191. The fourth-order valence-corrected chi connectivity index (χ4v) is 3.41. The maximum Gasteiger partial charge on any atom is 0.326 e. The third-order valence-electron chi connectivity index (χ3n) is 4.88. The zero-order valence-electron chi connectivity index (χ0n) is 16.8. The predicted molar refractivity (Wildman–Crippen MR) is 106 cm³/mol. The van der Waals surface area contributed by atoms with Gasteiger partial charge in [0.25, 0.3) is 0 Å². The molecule has 1 saturated heterocycles. The first-order chi connectivity index (χ1) is 13.5. The van der Waals surface area contributed by atoms with E-state index in [9.17, 15) is 9.59 Å². The number of piperazine rings is 1. The topological polar surface area (TPSA) is 76.9 Å². The lowest BCUT2D eigenvalue weighted by Gasteiger charge is -2.34. The molecule has 3 rings (SSSR count). The van der Waals surface area contributed by atoms with Crippen LogP contribution in [0.2, 0.25) is 0 Å². The van der Waals surface area contributed by atoms with Gasteiger partial charge in [0.05, 0.1) is 24.2 Å². The molecule has 2 aromatic rings. The summed E-state index contributed by atoms with van der Waals surface area (Å²) in [5, 5.41) is 0. The highest BCUT2D eigenvalue weighted by molar-refractivity contribution is 5.84. The summed E-state index contributed by atoms with van der Waals surface area (Å²) in [7, 11) is 2.12.